The highest BCUT2D eigenvalue weighted by molar-refractivity contribution is 6.04. The van der Waals surface area contributed by atoms with Crippen molar-refractivity contribution < 1.29 is 14.4 Å². The average molecular weight is 332 g/mol. The lowest BCUT2D eigenvalue weighted by molar-refractivity contribution is -0.151. The Labute approximate surface area is 142 Å². The first-order valence-corrected chi connectivity index (χ1v) is 8.04. The van der Waals surface area contributed by atoms with E-state index in [-0.39, 0.29) is 17.7 Å². The van der Waals surface area contributed by atoms with E-state index >= 15 is 0 Å². The van der Waals surface area contributed by atoms with E-state index in [0.29, 0.717) is 32.7 Å². The number of pyridine rings is 1. The van der Waals surface area contributed by atoms with Gasteiger partial charge in [0.15, 0.2) is 0 Å². The number of rotatable bonds is 4. The predicted octanol–water partition coefficient (Wildman–Crippen LogP) is 0.415. The fraction of sp³-hybridized carbons (Fsp3) is 0.529. The van der Waals surface area contributed by atoms with E-state index in [1.54, 1.807) is 36.0 Å². The molecule has 7 heteroatoms. The van der Waals surface area contributed by atoms with Gasteiger partial charge in [-0.25, -0.2) is 0 Å². The van der Waals surface area contributed by atoms with Crippen molar-refractivity contribution in [2.24, 2.45) is 5.41 Å². The van der Waals surface area contributed by atoms with Crippen molar-refractivity contribution in [3.8, 4) is 0 Å². The van der Waals surface area contributed by atoms with E-state index in [4.69, 9.17) is 0 Å². The van der Waals surface area contributed by atoms with Crippen molar-refractivity contribution in [2.75, 3.05) is 26.2 Å². The molecule has 0 aromatic carbocycles. The monoisotopic (exact) mass is 332 g/mol. The summed E-state index contributed by atoms with van der Waals surface area (Å²) >= 11 is 0. The van der Waals surface area contributed by atoms with E-state index in [1.165, 1.54) is 6.92 Å². The molecule has 3 amide bonds. The summed E-state index contributed by atoms with van der Waals surface area (Å²) in [4.78, 5) is 43.8. The lowest BCUT2D eigenvalue weighted by Crippen LogP contribution is -2.56. The molecule has 0 bridgehead atoms. The Morgan fingerprint density at radius 3 is 2.17 bits per heavy atom. The molecule has 1 aliphatic rings. The van der Waals surface area contributed by atoms with Gasteiger partial charge in [-0.2, -0.15) is 0 Å². The maximum absolute atomic E-state index is 12.7. The van der Waals surface area contributed by atoms with Crippen LogP contribution in [0.5, 0.6) is 0 Å². The zero-order valence-electron chi connectivity index (χ0n) is 14.4. The second kappa shape index (κ2) is 7.42. The molecule has 130 valence electrons. The maximum atomic E-state index is 12.7. The van der Waals surface area contributed by atoms with Gasteiger partial charge in [0.25, 0.3) is 0 Å². The van der Waals surface area contributed by atoms with Gasteiger partial charge < -0.3 is 15.1 Å². The molecular weight excluding hydrogens is 308 g/mol. The molecule has 1 saturated heterocycles. The first-order chi connectivity index (χ1) is 11.3. The van der Waals surface area contributed by atoms with E-state index in [0.717, 1.165) is 5.56 Å². The summed E-state index contributed by atoms with van der Waals surface area (Å²) in [7, 11) is 0. The van der Waals surface area contributed by atoms with Gasteiger partial charge in [-0.15, -0.1) is 0 Å². The number of piperazine rings is 1. The van der Waals surface area contributed by atoms with Crippen LogP contribution in [0.3, 0.4) is 0 Å². The van der Waals surface area contributed by atoms with Crippen LogP contribution < -0.4 is 5.32 Å². The van der Waals surface area contributed by atoms with Crippen LogP contribution in [0.1, 0.15) is 26.3 Å². The van der Waals surface area contributed by atoms with E-state index in [1.807, 2.05) is 12.1 Å². The Kier molecular flexibility index (Phi) is 5.54. The third-order valence-corrected chi connectivity index (χ3v) is 4.32. The number of carbonyl (C=O) groups is 3. The molecule has 1 aromatic heterocycles. The molecule has 0 spiro atoms. The Balaban J connectivity index is 1.92. The smallest absolute Gasteiger partial charge is 0.237 e. The Morgan fingerprint density at radius 1 is 1.08 bits per heavy atom. The largest absolute Gasteiger partial charge is 0.351 e. The van der Waals surface area contributed by atoms with Crippen LogP contribution in [0.25, 0.3) is 0 Å². The second-order valence-corrected chi connectivity index (χ2v) is 6.46. The van der Waals surface area contributed by atoms with Crippen LogP contribution in [0.4, 0.5) is 0 Å². The summed E-state index contributed by atoms with van der Waals surface area (Å²) in [5.74, 6) is -0.507. The molecule has 7 nitrogen and oxygen atoms in total. The van der Waals surface area contributed by atoms with Crippen molar-refractivity contribution in [3.63, 3.8) is 0 Å². The second-order valence-electron chi connectivity index (χ2n) is 6.46. The molecule has 1 aliphatic heterocycles. The van der Waals surface area contributed by atoms with Crippen LogP contribution in [-0.2, 0) is 20.9 Å². The maximum Gasteiger partial charge on any atom is 0.237 e. The van der Waals surface area contributed by atoms with Crippen molar-refractivity contribution in [1.82, 2.24) is 20.1 Å². The highest BCUT2D eigenvalue weighted by Crippen LogP contribution is 2.21. The quantitative estimate of drug-likeness (QED) is 0.810. The Hall–Kier alpha value is -2.44. The lowest BCUT2D eigenvalue weighted by atomic mass is 9.90. The molecule has 0 radical (unpaired) electrons. The van der Waals surface area contributed by atoms with Crippen molar-refractivity contribution in [2.45, 2.75) is 27.3 Å². The van der Waals surface area contributed by atoms with Gasteiger partial charge in [0.1, 0.15) is 5.41 Å². The first kappa shape index (κ1) is 17.9. The summed E-state index contributed by atoms with van der Waals surface area (Å²) in [6, 6.07) is 3.63. The number of hydrogen-bond donors (Lipinski definition) is 1. The van der Waals surface area contributed by atoms with Crippen LogP contribution in [0.2, 0.25) is 0 Å². The zero-order chi connectivity index (χ0) is 17.7. The average Bonchev–Trinajstić information content (AvgIpc) is 2.59. The number of amides is 3. The van der Waals surface area contributed by atoms with Crippen LogP contribution in [0, 0.1) is 5.41 Å². The van der Waals surface area contributed by atoms with Gasteiger partial charge in [-0.3, -0.25) is 19.4 Å². The zero-order valence-corrected chi connectivity index (χ0v) is 14.4. The van der Waals surface area contributed by atoms with Crippen LogP contribution in [0.15, 0.2) is 24.5 Å². The fourth-order valence-corrected chi connectivity index (χ4v) is 2.62. The minimum absolute atomic E-state index is 0.0106. The lowest BCUT2D eigenvalue weighted by Gasteiger charge is -2.37. The number of hydrogen-bond acceptors (Lipinski definition) is 4. The minimum atomic E-state index is -1.15. The van der Waals surface area contributed by atoms with Crippen molar-refractivity contribution >= 4 is 17.7 Å². The standard InChI is InChI=1S/C17H24N4O3/c1-13(22)20-8-10-21(11-9-20)16(24)17(2,3)15(23)19-12-14-4-6-18-7-5-14/h4-7H,8-12H2,1-3H3,(H,19,23). The molecule has 0 saturated carbocycles. The van der Waals surface area contributed by atoms with Crippen molar-refractivity contribution in [1.29, 1.82) is 0 Å². The fourth-order valence-electron chi connectivity index (χ4n) is 2.62. The molecule has 24 heavy (non-hydrogen) atoms. The van der Waals surface area contributed by atoms with Crippen molar-refractivity contribution in [3.05, 3.63) is 30.1 Å². The highest BCUT2D eigenvalue weighted by Gasteiger charge is 2.40. The van der Waals surface area contributed by atoms with E-state index in [2.05, 4.69) is 10.3 Å². The summed E-state index contributed by atoms with van der Waals surface area (Å²) in [5, 5.41) is 2.81. The van der Waals surface area contributed by atoms with Gasteiger partial charge in [0, 0.05) is 52.0 Å². The van der Waals surface area contributed by atoms with Gasteiger partial charge in [0.2, 0.25) is 17.7 Å². The molecular formula is C17H24N4O3. The Morgan fingerprint density at radius 2 is 1.62 bits per heavy atom. The topological polar surface area (TPSA) is 82.6 Å². The SMILES string of the molecule is CC(=O)N1CCN(C(=O)C(C)(C)C(=O)NCc2ccncc2)CC1. The highest BCUT2D eigenvalue weighted by atomic mass is 16.2. The van der Waals surface area contributed by atoms with Crippen LogP contribution in [-0.4, -0.2) is 58.7 Å². The minimum Gasteiger partial charge on any atom is -0.351 e. The molecule has 2 rings (SSSR count). The summed E-state index contributed by atoms with van der Waals surface area (Å²) in [5.41, 5.74) is -0.220. The molecule has 1 aromatic rings. The number of carbonyl (C=O) groups excluding carboxylic acids is 3. The molecule has 0 unspecified atom stereocenters. The molecule has 1 N–H and O–H groups in total. The van der Waals surface area contributed by atoms with Gasteiger partial charge in [-0.1, -0.05) is 0 Å². The summed E-state index contributed by atoms with van der Waals surface area (Å²) in [6.45, 7) is 7.08. The van der Waals surface area contributed by atoms with E-state index in [9.17, 15) is 14.4 Å². The van der Waals surface area contributed by atoms with Gasteiger partial charge in [0.05, 0.1) is 0 Å². The molecule has 1 fully saturated rings. The Bertz CT molecular complexity index is 608. The van der Waals surface area contributed by atoms with E-state index < -0.39 is 5.41 Å². The first-order valence-electron chi connectivity index (χ1n) is 8.04. The third kappa shape index (κ3) is 4.10. The number of aromatic nitrogens is 1. The van der Waals surface area contributed by atoms with Gasteiger partial charge >= 0.3 is 0 Å². The molecule has 0 atom stereocenters. The predicted molar refractivity (Wildman–Crippen MR) is 88.7 cm³/mol. The summed E-state index contributed by atoms with van der Waals surface area (Å²) in [6.07, 6.45) is 3.32. The van der Waals surface area contributed by atoms with Crippen LogP contribution >= 0.6 is 0 Å². The summed E-state index contributed by atoms with van der Waals surface area (Å²) < 4.78 is 0. The normalized spacial score (nSPS) is 15.1. The molecule has 0 aliphatic carbocycles. The third-order valence-electron chi connectivity index (χ3n) is 4.32. The number of nitrogens with zero attached hydrogens (tertiary/aromatic N) is 3. The number of nitrogens with one attached hydrogen (secondary N) is 1. The van der Waals surface area contributed by atoms with Gasteiger partial charge in [-0.05, 0) is 31.5 Å². The molecule has 2 heterocycles.